The summed E-state index contributed by atoms with van der Waals surface area (Å²) in [5.74, 6) is -0.180. The largest absolute Gasteiger partial charge is 0.416 e. The van der Waals surface area contributed by atoms with Crippen molar-refractivity contribution < 1.29 is 21.6 Å². The smallest absolute Gasteiger partial charge is 0.263 e. The molecule has 11 heteroatoms. The number of sulfonamides is 1. The molecule has 0 spiro atoms. The van der Waals surface area contributed by atoms with Gasteiger partial charge in [-0.1, -0.05) is 29.8 Å². The van der Waals surface area contributed by atoms with E-state index >= 15 is 0 Å². The monoisotopic (exact) mass is 473 g/mol. The Labute approximate surface area is 180 Å². The van der Waals surface area contributed by atoms with Crippen molar-refractivity contribution in [2.45, 2.75) is 22.4 Å². The number of halogens is 4. The van der Waals surface area contributed by atoms with Gasteiger partial charge in [0.2, 0.25) is 0 Å². The molecule has 158 valence electrons. The second-order valence-electron chi connectivity index (χ2n) is 6.10. The number of alkyl halides is 3. The third-order valence-corrected chi connectivity index (χ3v) is 6.61. The van der Waals surface area contributed by atoms with Gasteiger partial charge in [0.05, 0.1) is 10.5 Å². The highest BCUT2D eigenvalue weighted by molar-refractivity contribution is 7.98. The number of nitrogens with zero attached hydrogens (tertiary/aromatic N) is 2. The van der Waals surface area contributed by atoms with Crippen LogP contribution >= 0.6 is 23.4 Å². The fourth-order valence-corrected chi connectivity index (χ4v) is 4.37. The number of hydrogen-bond donors (Lipinski definition) is 1. The molecular formula is C19H15ClF3N3O2S2. The molecule has 0 saturated heterocycles. The van der Waals surface area contributed by atoms with Crippen LogP contribution in [0.15, 0.2) is 64.6 Å². The fourth-order valence-electron chi connectivity index (χ4n) is 2.72. The van der Waals surface area contributed by atoms with Crippen LogP contribution in [0.25, 0.3) is 0 Å². The lowest BCUT2D eigenvalue weighted by atomic mass is 10.0. The Morgan fingerprint density at radius 1 is 1.07 bits per heavy atom. The molecule has 0 unspecified atom stereocenters. The van der Waals surface area contributed by atoms with Crippen LogP contribution in [0.1, 0.15) is 16.7 Å². The molecule has 1 aromatic heterocycles. The Hall–Kier alpha value is -2.30. The number of hydrogen-bond acceptors (Lipinski definition) is 5. The normalized spacial score (nSPS) is 12.0. The maximum Gasteiger partial charge on any atom is 0.416 e. The van der Waals surface area contributed by atoms with Crippen molar-refractivity contribution in [1.29, 1.82) is 0 Å². The van der Waals surface area contributed by atoms with E-state index in [2.05, 4.69) is 14.7 Å². The van der Waals surface area contributed by atoms with Crippen LogP contribution in [-0.4, -0.2) is 24.6 Å². The Bertz CT molecular complexity index is 1150. The summed E-state index contributed by atoms with van der Waals surface area (Å²) in [7, 11) is -4.04. The van der Waals surface area contributed by atoms with E-state index in [0.29, 0.717) is 0 Å². The van der Waals surface area contributed by atoms with E-state index in [-0.39, 0.29) is 33.4 Å². The van der Waals surface area contributed by atoms with Gasteiger partial charge in [-0.25, -0.2) is 18.4 Å². The standard InChI is InChI=1S/C19H15ClF3N3O2S2/c1-29-13-6-8-14(9-7-13)30(27,28)26-18-15(17(20)24-11-25-18)10-12-4-2-3-5-16(12)19(21,22)23/h2-9,11H,10H2,1H3,(H,24,25,26). The molecule has 0 fully saturated rings. The van der Waals surface area contributed by atoms with Crippen molar-refractivity contribution in [2.24, 2.45) is 0 Å². The molecule has 0 aliphatic rings. The van der Waals surface area contributed by atoms with Crippen molar-refractivity contribution in [3.63, 3.8) is 0 Å². The first-order chi connectivity index (χ1) is 14.1. The maximum absolute atomic E-state index is 13.3. The molecule has 1 N–H and O–H groups in total. The van der Waals surface area contributed by atoms with E-state index in [0.717, 1.165) is 17.3 Å². The highest BCUT2D eigenvalue weighted by Crippen LogP contribution is 2.34. The molecule has 0 amide bonds. The summed E-state index contributed by atoms with van der Waals surface area (Å²) in [5.41, 5.74) is -0.877. The number of aromatic nitrogens is 2. The first-order valence-electron chi connectivity index (χ1n) is 8.43. The average molecular weight is 474 g/mol. The van der Waals surface area contributed by atoms with Crippen molar-refractivity contribution in [3.8, 4) is 0 Å². The number of benzene rings is 2. The van der Waals surface area contributed by atoms with E-state index in [4.69, 9.17) is 11.6 Å². The third kappa shape index (κ3) is 5.05. The number of anilines is 1. The summed E-state index contributed by atoms with van der Waals surface area (Å²) in [6.07, 6.45) is -1.98. The van der Waals surface area contributed by atoms with Gasteiger partial charge in [-0.15, -0.1) is 11.8 Å². The van der Waals surface area contributed by atoms with E-state index in [1.54, 1.807) is 12.1 Å². The Morgan fingerprint density at radius 3 is 2.37 bits per heavy atom. The van der Waals surface area contributed by atoms with Crippen LogP contribution < -0.4 is 4.72 Å². The zero-order chi connectivity index (χ0) is 21.9. The van der Waals surface area contributed by atoms with Crippen LogP contribution in [0.4, 0.5) is 19.0 Å². The molecule has 0 aliphatic heterocycles. The molecule has 5 nitrogen and oxygen atoms in total. The number of nitrogens with one attached hydrogen (secondary N) is 1. The Balaban J connectivity index is 1.98. The van der Waals surface area contributed by atoms with Crippen LogP contribution in [0.2, 0.25) is 5.15 Å². The van der Waals surface area contributed by atoms with Crippen LogP contribution in [0.5, 0.6) is 0 Å². The third-order valence-electron chi connectivity index (χ3n) is 4.18. The molecule has 0 saturated carbocycles. The average Bonchev–Trinajstić information content (AvgIpc) is 2.70. The van der Waals surface area contributed by atoms with E-state index in [1.165, 1.54) is 42.1 Å². The van der Waals surface area contributed by atoms with E-state index < -0.39 is 21.8 Å². The highest BCUT2D eigenvalue weighted by atomic mass is 35.5. The Morgan fingerprint density at radius 2 is 1.73 bits per heavy atom. The topological polar surface area (TPSA) is 72.0 Å². The lowest BCUT2D eigenvalue weighted by Crippen LogP contribution is -2.17. The second kappa shape index (κ2) is 8.83. The highest BCUT2D eigenvalue weighted by Gasteiger charge is 2.33. The molecule has 0 aliphatic carbocycles. The summed E-state index contributed by atoms with van der Waals surface area (Å²) >= 11 is 7.55. The zero-order valence-electron chi connectivity index (χ0n) is 15.4. The molecular weight excluding hydrogens is 459 g/mol. The van der Waals surface area contributed by atoms with Gasteiger partial charge in [-0.3, -0.25) is 4.72 Å². The van der Waals surface area contributed by atoms with Crippen LogP contribution in [-0.2, 0) is 22.6 Å². The van der Waals surface area contributed by atoms with Gasteiger partial charge in [0.1, 0.15) is 17.3 Å². The minimum absolute atomic E-state index is 0.0170. The van der Waals surface area contributed by atoms with Gasteiger partial charge in [0, 0.05) is 16.9 Å². The summed E-state index contributed by atoms with van der Waals surface area (Å²) in [6, 6.07) is 11.1. The quantitative estimate of drug-likeness (QED) is 0.390. The number of rotatable bonds is 6. The molecule has 0 bridgehead atoms. The summed E-state index contributed by atoms with van der Waals surface area (Å²) < 4.78 is 67.8. The lowest BCUT2D eigenvalue weighted by molar-refractivity contribution is -0.138. The number of thioether (sulfide) groups is 1. The van der Waals surface area contributed by atoms with Gasteiger partial charge < -0.3 is 0 Å². The van der Waals surface area contributed by atoms with Gasteiger partial charge in [-0.05, 0) is 42.2 Å². The lowest BCUT2D eigenvalue weighted by Gasteiger charge is -2.16. The minimum atomic E-state index is -4.57. The zero-order valence-corrected chi connectivity index (χ0v) is 17.8. The fraction of sp³-hybridized carbons (Fsp3) is 0.158. The van der Waals surface area contributed by atoms with Gasteiger partial charge in [0.15, 0.2) is 0 Å². The first-order valence-corrected chi connectivity index (χ1v) is 11.5. The maximum atomic E-state index is 13.3. The van der Waals surface area contributed by atoms with Crippen LogP contribution in [0.3, 0.4) is 0 Å². The SMILES string of the molecule is CSc1ccc(S(=O)(=O)Nc2ncnc(Cl)c2Cc2ccccc2C(F)(F)F)cc1. The predicted octanol–water partition coefficient (Wildman–Crippen LogP) is 5.26. The molecule has 0 atom stereocenters. The Kier molecular flexibility index (Phi) is 6.59. The molecule has 3 aromatic rings. The van der Waals surface area contributed by atoms with Crippen LogP contribution in [0, 0.1) is 0 Å². The van der Waals surface area contributed by atoms with Gasteiger partial charge in [0.25, 0.3) is 10.0 Å². The van der Waals surface area contributed by atoms with Gasteiger partial charge in [-0.2, -0.15) is 13.2 Å². The molecule has 30 heavy (non-hydrogen) atoms. The minimum Gasteiger partial charge on any atom is -0.263 e. The van der Waals surface area contributed by atoms with Crippen molar-refractivity contribution in [3.05, 3.63) is 76.7 Å². The second-order valence-corrected chi connectivity index (χ2v) is 9.02. The van der Waals surface area contributed by atoms with Crippen molar-refractivity contribution in [1.82, 2.24) is 9.97 Å². The van der Waals surface area contributed by atoms with E-state index in [9.17, 15) is 21.6 Å². The molecule has 0 radical (unpaired) electrons. The summed E-state index contributed by atoms with van der Waals surface area (Å²) in [6.45, 7) is 0. The van der Waals surface area contributed by atoms with Crippen molar-refractivity contribution in [2.75, 3.05) is 11.0 Å². The molecule has 3 rings (SSSR count). The summed E-state index contributed by atoms with van der Waals surface area (Å²) in [5, 5.41) is -0.141. The van der Waals surface area contributed by atoms with Crippen molar-refractivity contribution >= 4 is 39.2 Å². The molecule has 1 heterocycles. The predicted molar refractivity (Wildman–Crippen MR) is 110 cm³/mol. The van der Waals surface area contributed by atoms with E-state index in [1.807, 2.05) is 6.26 Å². The molecule has 2 aromatic carbocycles. The first kappa shape index (κ1) is 22.4. The van der Waals surface area contributed by atoms with Gasteiger partial charge >= 0.3 is 6.18 Å². The summed E-state index contributed by atoms with van der Waals surface area (Å²) in [4.78, 5) is 8.55.